The van der Waals surface area contributed by atoms with E-state index in [2.05, 4.69) is 10.0 Å². The van der Waals surface area contributed by atoms with E-state index in [0.29, 0.717) is 16.5 Å². The quantitative estimate of drug-likeness (QED) is 0.442. The number of anilines is 1. The van der Waals surface area contributed by atoms with Gasteiger partial charge in [0.25, 0.3) is 0 Å². The number of hydrogen-bond acceptors (Lipinski definition) is 5. The second kappa shape index (κ2) is 10.9. The Bertz CT molecular complexity index is 1240. The average Bonchev–Trinajstić information content (AvgIpc) is 2.79. The van der Waals surface area contributed by atoms with Crippen LogP contribution in [0.4, 0.5) is 5.69 Å². The van der Waals surface area contributed by atoms with Gasteiger partial charge < -0.3 is 14.8 Å². The molecule has 0 aliphatic carbocycles. The summed E-state index contributed by atoms with van der Waals surface area (Å²) in [7, 11) is -1.38. The van der Waals surface area contributed by atoms with Crippen LogP contribution in [-0.2, 0) is 21.2 Å². The fraction of sp³-hybridized carbons (Fsp3) is 0.174. The topological polar surface area (TPSA) is 93.7 Å². The molecule has 174 valence electrons. The highest BCUT2D eigenvalue weighted by atomic mass is 35.5. The predicted molar refractivity (Wildman–Crippen MR) is 129 cm³/mol. The fourth-order valence-electron chi connectivity index (χ4n) is 3.15. The van der Waals surface area contributed by atoms with E-state index in [1.165, 1.54) is 38.5 Å². The first-order valence-corrected chi connectivity index (χ1v) is 12.0. The number of amides is 1. The summed E-state index contributed by atoms with van der Waals surface area (Å²) in [4.78, 5) is 13.1. The molecule has 7 nitrogen and oxygen atoms in total. The Morgan fingerprint density at radius 3 is 2.15 bits per heavy atom. The number of halogens is 2. The van der Waals surface area contributed by atoms with Crippen LogP contribution in [0.1, 0.15) is 5.56 Å². The monoisotopic (exact) mass is 508 g/mol. The molecule has 0 radical (unpaired) electrons. The van der Waals surface area contributed by atoms with Gasteiger partial charge in [0.05, 0.1) is 19.9 Å². The summed E-state index contributed by atoms with van der Waals surface area (Å²) in [5, 5.41) is 3.30. The van der Waals surface area contributed by atoms with Crippen molar-refractivity contribution >= 4 is 44.8 Å². The van der Waals surface area contributed by atoms with E-state index in [0.717, 1.165) is 5.56 Å². The van der Waals surface area contributed by atoms with Crippen molar-refractivity contribution in [3.8, 4) is 11.5 Å². The van der Waals surface area contributed by atoms with Gasteiger partial charge in [0.1, 0.15) is 22.4 Å². The molecule has 3 rings (SSSR count). The molecule has 1 amide bonds. The van der Waals surface area contributed by atoms with Crippen molar-refractivity contribution in [3.63, 3.8) is 0 Å². The summed E-state index contributed by atoms with van der Waals surface area (Å²) in [6, 6.07) is 16.8. The van der Waals surface area contributed by atoms with Crippen LogP contribution in [0.2, 0.25) is 10.0 Å². The van der Waals surface area contributed by atoms with Gasteiger partial charge in [0, 0.05) is 10.0 Å². The lowest BCUT2D eigenvalue weighted by atomic mass is 10.1. The predicted octanol–water partition coefficient (Wildman–Crippen LogP) is 4.54. The summed E-state index contributed by atoms with van der Waals surface area (Å²) < 4.78 is 39.4. The van der Waals surface area contributed by atoms with E-state index >= 15 is 0 Å². The van der Waals surface area contributed by atoms with Crippen LogP contribution in [-0.4, -0.2) is 34.6 Å². The highest BCUT2D eigenvalue weighted by molar-refractivity contribution is 7.89. The molecule has 0 fully saturated rings. The Hall–Kier alpha value is -2.78. The second-order valence-electron chi connectivity index (χ2n) is 6.99. The minimum atomic E-state index is -4.18. The van der Waals surface area contributed by atoms with Crippen LogP contribution in [0, 0.1) is 0 Å². The maximum Gasteiger partial charge on any atom is 0.245 e. The molecule has 0 bridgehead atoms. The first kappa shape index (κ1) is 24.9. The zero-order valence-corrected chi connectivity index (χ0v) is 20.2. The number of rotatable bonds is 9. The molecule has 0 unspecified atom stereocenters. The molecule has 3 aromatic carbocycles. The first-order chi connectivity index (χ1) is 15.7. The lowest BCUT2D eigenvalue weighted by molar-refractivity contribution is -0.117. The van der Waals surface area contributed by atoms with Crippen molar-refractivity contribution in [2.45, 2.75) is 17.4 Å². The molecule has 1 atom stereocenters. The Morgan fingerprint density at radius 1 is 0.909 bits per heavy atom. The largest absolute Gasteiger partial charge is 0.495 e. The molecule has 3 aromatic rings. The molecular formula is C23H22Cl2N2O5S. The van der Waals surface area contributed by atoms with Gasteiger partial charge >= 0.3 is 0 Å². The minimum Gasteiger partial charge on any atom is -0.495 e. The number of carbonyl (C=O) groups excluding carboxylic acids is 1. The third-order valence-electron chi connectivity index (χ3n) is 4.73. The van der Waals surface area contributed by atoms with Crippen molar-refractivity contribution in [1.82, 2.24) is 4.72 Å². The van der Waals surface area contributed by atoms with Crippen molar-refractivity contribution in [2.24, 2.45) is 0 Å². The highest BCUT2D eigenvalue weighted by Gasteiger charge is 2.29. The van der Waals surface area contributed by atoms with Crippen LogP contribution in [0.3, 0.4) is 0 Å². The Labute approximate surface area is 202 Å². The molecule has 0 spiro atoms. The third kappa shape index (κ3) is 6.39. The van der Waals surface area contributed by atoms with Crippen LogP contribution in [0.5, 0.6) is 11.5 Å². The number of methoxy groups -OCH3 is 2. The number of nitrogens with one attached hydrogen (secondary N) is 2. The van der Waals surface area contributed by atoms with Crippen LogP contribution < -0.4 is 19.5 Å². The zero-order chi connectivity index (χ0) is 24.0. The standard InChI is InChI=1S/C23H22Cl2N2O5S/c1-31-20-10-8-16(24)13-18(20)26-23(28)19(12-15-6-4-3-5-7-15)27-33(29,30)22-14-17(25)9-11-21(22)32-2/h3-11,13-14,19,27H,12H2,1-2H3,(H,26,28)/t19-/m0/s1. The van der Waals surface area contributed by atoms with E-state index in [1.54, 1.807) is 36.4 Å². The molecule has 0 saturated heterocycles. The smallest absolute Gasteiger partial charge is 0.245 e. The number of sulfonamides is 1. The Balaban J connectivity index is 1.96. The summed E-state index contributed by atoms with van der Waals surface area (Å²) in [6.07, 6.45) is 0.0949. The van der Waals surface area contributed by atoms with Gasteiger partial charge in [-0.2, -0.15) is 4.72 Å². The van der Waals surface area contributed by atoms with Gasteiger partial charge in [0.15, 0.2) is 0 Å². The van der Waals surface area contributed by atoms with Gasteiger partial charge in [-0.25, -0.2) is 8.42 Å². The Morgan fingerprint density at radius 2 is 1.52 bits per heavy atom. The van der Waals surface area contributed by atoms with Gasteiger partial charge in [-0.05, 0) is 48.4 Å². The summed E-state index contributed by atoms with van der Waals surface area (Å²) >= 11 is 12.1. The van der Waals surface area contributed by atoms with Crippen molar-refractivity contribution in [2.75, 3.05) is 19.5 Å². The SMILES string of the molecule is COc1ccc(Cl)cc1NC(=O)[C@H](Cc1ccccc1)NS(=O)(=O)c1cc(Cl)ccc1OC. The van der Waals surface area contributed by atoms with Crippen LogP contribution in [0.25, 0.3) is 0 Å². The van der Waals surface area contributed by atoms with E-state index < -0.39 is 22.0 Å². The fourth-order valence-corrected chi connectivity index (χ4v) is 4.95. The van der Waals surface area contributed by atoms with E-state index in [-0.39, 0.29) is 22.1 Å². The van der Waals surface area contributed by atoms with E-state index in [4.69, 9.17) is 32.7 Å². The summed E-state index contributed by atoms with van der Waals surface area (Å²) in [5.41, 5.74) is 1.07. The zero-order valence-electron chi connectivity index (χ0n) is 17.8. The maximum atomic E-state index is 13.2. The van der Waals surface area contributed by atoms with Gasteiger partial charge in [-0.1, -0.05) is 53.5 Å². The third-order valence-corrected chi connectivity index (χ3v) is 6.69. The molecule has 2 N–H and O–H groups in total. The molecule has 10 heteroatoms. The van der Waals surface area contributed by atoms with Crippen LogP contribution >= 0.6 is 23.2 Å². The molecule has 0 aliphatic rings. The van der Waals surface area contributed by atoms with Crippen molar-refractivity contribution in [1.29, 1.82) is 0 Å². The van der Waals surface area contributed by atoms with Crippen molar-refractivity contribution in [3.05, 3.63) is 82.3 Å². The Kier molecular flexibility index (Phi) is 8.20. The minimum absolute atomic E-state index is 0.0949. The number of ether oxygens (including phenoxy) is 2. The van der Waals surface area contributed by atoms with Gasteiger partial charge in [-0.3, -0.25) is 4.79 Å². The number of benzene rings is 3. The molecular weight excluding hydrogens is 487 g/mol. The number of hydrogen-bond donors (Lipinski definition) is 2. The van der Waals surface area contributed by atoms with Gasteiger partial charge in [0.2, 0.25) is 15.9 Å². The number of carbonyl (C=O) groups is 1. The molecule has 0 aromatic heterocycles. The highest BCUT2D eigenvalue weighted by Crippen LogP contribution is 2.29. The molecule has 0 aliphatic heterocycles. The summed E-state index contributed by atoms with van der Waals surface area (Å²) in [6.45, 7) is 0. The average molecular weight is 509 g/mol. The van der Waals surface area contributed by atoms with E-state index in [9.17, 15) is 13.2 Å². The van der Waals surface area contributed by atoms with Crippen LogP contribution in [0.15, 0.2) is 71.6 Å². The molecule has 33 heavy (non-hydrogen) atoms. The normalized spacial score (nSPS) is 12.1. The lowest BCUT2D eigenvalue weighted by Gasteiger charge is -2.20. The molecule has 0 heterocycles. The van der Waals surface area contributed by atoms with Crippen molar-refractivity contribution < 1.29 is 22.7 Å². The second-order valence-corrected chi connectivity index (χ2v) is 9.55. The van der Waals surface area contributed by atoms with Gasteiger partial charge in [-0.15, -0.1) is 0 Å². The maximum absolute atomic E-state index is 13.2. The summed E-state index contributed by atoms with van der Waals surface area (Å²) in [5.74, 6) is -0.114. The molecule has 0 saturated carbocycles. The first-order valence-electron chi connectivity index (χ1n) is 9.77. The lowest BCUT2D eigenvalue weighted by Crippen LogP contribution is -2.45. The van der Waals surface area contributed by atoms with E-state index in [1.807, 2.05) is 6.07 Å².